The van der Waals surface area contributed by atoms with E-state index in [1.54, 1.807) is 11.3 Å². The van der Waals surface area contributed by atoms with Crippen molar-refractivity contribution in [3.05, 3.63) is 41.3 Å². The number of aromatic nitrogens is 1. The Labute approximate surface area is 97.6 Å². The Morgan fingerprint density at radius 3 is 2.81 bits per heavy atom. The first-order chi connectivity index (χ1) is 7.86. The molecule has 0 spiro atoms. The summed E-state index contributed by atoms with van der Waals surface area (Å²) in [5, 5.41) is 0. The molecule has 0 saturated carbocycles. The van der Waals surface area contributed by atoms with Crippen LogP contribution in [0.5, 0.6) is 0 Å². The molecule has 0 N–H and O–H groups in total. The Morgan fingerprint density at radius 2 is 2.06 bits per heavy atom. The topological polar surface area (TPSA) is 26.0 Å². The third-order valence-corrected chi connectivity index (χ3v) is 3.73. The van der Waals surface area contributed by atoms with Gasteiger partial charge in [-0.25, -0.2) is 4.98 Å². The molecule has 0 atom stereocenters. The first-order valence-corrected chi connectivity index (χ1v) is 6.13. The second kappa shape index (κ2) is 3.76. The molecule has 0 unspecified atom stereocenters. The number of aryl methyl sites for hydroxylation is 1. The van der Waals surface area contributed by atoms with Gasteiger partial charge in [-0.1, -0.05) is 19.1 Å². The molecular weight excluding hydrogens is 218 g/mol. The van der Waals surface area contributed by atoms with Gasteiger partial charge in [0.25, 0.3) is 0 Å². The Balaban J connectivity index is 2.11. The van der Waals surface area contributed by atoms with Crippen LogP contribution in [0.1, 0.15) is 11.8 Å². The van der Waals surface area contributed by atoms with Gasteiger partial charge < -0.3 is 4.42 Å². The largest absolute Gasteiger partial charge is 0.435 e. The van der Waals surface area contributed by atoms with Gasteiger partial charge >= 0.3 is 0 Å². The minimum Gasteiger partial charge on any atom is -0.435 e. The van der Waals surface area contributed by atoms with Crippen molar-refractivity contribution in [3.63, 3.8) is 0 Å². The zero-order valence-electron chi connectivity index (χ0n) is 8.93. The zero-order chi connectivity index (χ0) is 11.0. The van der Waals surface area contributed by atoms with Crippen molar-refractivity contribution in [1.82, 2.24) is 4.98 Å². The number of nitrogens with zero attached hydrogens (tertiary/aromatic N) is 1. The summed E-state index contributed by atoms with van der Waals surface area (Å²) >= 11 is 1.74. The number of benzene rings is 1. The van der Waals surface area contributed by atoms with E-state index in [2.05, 4.69) is 24.0 Å². The minimum absolute atomic E-state index is 0.728. The van der Waals surface area contributed by atoms with Crippen molar-refractivity contribution in [1.29, 1.82) is 0 Å². The highest BCUT2D eigenvalue weighted by Gasteiger charge is 2.09. The van der Waals surface area contributed by atoms with Crippen LogP contribution >= 0.6 is 11.3 Å². The third-order valence-electron chi connectivity index (χ3n) is 2.51. The van der Waals surface area contributed by atoms with E-state index in [1.165, 1.54) is 4.88 Å². The molecule has 3 aromatic rings. The normalized spacial score (nSPS) is 11.1. The van der Waals surface area contributed by atoms with Crippen molar-refractivity contribution < 1.29 is 4.42 Å². The van der Waals surface area contributed by atoms with Crippen LogP contribution in [0.2, 0.25) is 0 Å². The number of hydrogen-bond donors (Lipinski definition) is 0. The van der Waals surface area contributed by atoms with Crippen LogP contribution in [0.15, 0.2) is 40.8 Å². The first-order valence-electron chi connectivity index (χ1n) is 5.31. The van der Waals surface area contributed by atoms with E-state index < -0.39 is 0 Å². The van der Waals surface area contributed by atoms with Crippen molar-refractivity contribution in [2.75, 3.05) is 0 Å². The molecule has 2 nitrogen and oxygen atoms in total. The van der Waals surface area contributed by atoms with E-state index in [9.17, 15) is 0 Å². The SMILES string of the molecule is CCc1ccc(-c2nc3ccccc3o2)s1. The number of thiophene rings is 1. The fourth-order valence-electron chi connectivity index (χ4n) is 1.66. The van der Waals surface area contributed by atoms with E-state index in [0.29, 0.717) is 0 Å². The van der Waals surface area contributed by atoms with Gasteiger partial charge in [-0.3, -0.25) is 0 Å². The van der Waals surface area contributed by atoms with Crippen LogP contribution in [-0.2, 0) is 6.42 Å². The summed E-state index contributed by atoms with van der Waals surface area (Å²) in [5.74, 6) is 0.728. The highest BCUT2D eigenvalue weighted by atomic mass is 32.1. The molecule has 0 amide bonds. The first kappa shape index (κ1) is 9.60. The van der Waals surface area contributed by atoms with Gasteiger partial charge in [-0.2, -0.15) is 0 Å². The van der Waals surface area contributed by atoms with Gasteiger partial charge in [0.2, 0.25) is 5.89 Å². The summed E-state index contributed by atoms with van der Waals surface area (Å²) < 4.78 is 5.71. The maximum atomic E-state index is 5.71. The quantitative estimate of drug-likeness (QED) is 0.660. The van der Waals surface area contributed by atoms with Crippen molar-refractivity contribution in [3.8, 4) is 10.8 Å². The fourth-order valence-corrected chi connectivity index (χ4v) is 2.53. The minimum atomic E-state index is 0.728. The number of para-hydroxylation sites is 2. The summed E-state index contributed by atoms with van der Waals surface area (Å²) in [6.45, 7) is 2.15. The van der Waals surface area contributed by atoms with E-state index in [-0.39, 0.29) is 0 Å². The van der Waals surface area contributed by atoms with Crippen LogP contribution in [0.25, 0.3) is 21.9 Å². The summed E-state index contributed by atoms with van der Waals surface area (Å²) in [6.07, 6.45) is 1.06. The molecule has 80 valence electrons. The van der Waals surface area contributed by atoms with Crippen LogP contribution < -0.4 is 0 Å². The maximum Gasteiger partial charge on any atom is 0.237 e. The third kappa shape index (κ3) is 1.53. The lowest BCUT2D eigenvalue weighted by Gasteiger charge is -1.86. The molecule has 0 aliphatic carbocycles. The maximum absolute atomic E-state index is 5.71. The molecule has 16 heavy (non-hydrogen) atoms. The highest BCUT2D eigenvalue weighted by molar-refractivity contribution is 7.15. The number of oxazole rings is 1. The average molecular weight is 229 g/mol. The molecule has 2 heterocycles. The monoisotopic (exact) mass is 229 g/mol. The lowest BCUT2D eigenvalue weighted by molar-refractivity contribution is 0.621. The highest BCUT2D eigenvalue weighted by Crippen LogP contribution is 2.30. The number of hydrogen-bond acceptors (Lipinski definition) is 3. The second-order valence-corrected chi connectivity index (χ2v) is 4.77. The van der Waals surface area contributed by atoms with Gasteiger partial charge in [-0.15, -0.1) is 11.3 Å². The van der Waals surface area contributed by atoms with Crippen LogP contribution in [0.4, 0.5) is 0 Å². The molecule has 0 bridgehead atoms. The van der Waals surface area contributed by atoms with Gasteiger partial charge in [0, 0.05) is 4.88 Å². The summed E-state index contributed by atoms with van der Waals surface area (Å²) in [4.78, 5) is 6.94. The molecule has 2 aromatic heterocycles. The lowest BCUT2D eigenvalue weighted by atomic mass is 10.3. The fraction of sp³-hybridized carbons (Fsp3) is 0.154. The molecule has 3 heteroatoms. The smallest absolute Gasteiger partial charge is 0.237 e. The number of fused-ring (bicyclic) bond motifs is 1. The Bertz CT molecular complexity index is 590. The van der Waals surface area contributed by atoms with Crippen LogP contribution in [0, 0.1) is 0 Å². The molecule has 0 radical (unpaired) electrons. The van der Waals surface area contributed by atoms with Gasteiger partial charge in [0.05, 0.1) is 4.88 Å². The van der Waals surface area contributed by atoms with Gasteiger partial charge in [0.1, 0.15) is 5.52 Å². The number of rotatable bonds is 2. The van der Waals surface area contributed by atoms with Gasteiger partial charge in [0.15, 0.2) is 5.58 Å². The van der Waals surface area contributed by atoms with E-state index in [1.807, 2.05) is 24.3 Å². The van der Waals surface area contributed by atoms with Gasteiger partial charge in [-0.05, 0) is 30.7 Å². The van der Waals surface area contributed by atoms with E-state index in [4.69, 9.17) is 4.42 Å². The average Bonchev–Trinajstić information content (AvgIpc) is 2.95. The van der Waals surface area contributed by atoms with Crippen molar-refractivity contribution >= 4 is 22.4 Å². The van der Waals surface area contributed by atoms with E-state index >= 15 is 0 Å². The molecular formula is C13H11NOS. The standard InChI is InChI=1S/C13H11NOS/c1-2-9-7-8-12(16-9)13-14-10-5-3-4-6-11(10)15-13/h3-8H,2H2,1H3. The zero-order valence-corrected chi connectivity index (χ0v) is 9.75. The lowest BCUT2D eigenvalue weighted by Crippen LogP contribution is -1.69. The molecule has 0 saturated heterocycles. The summed E-state index contributed by atoms with van der Waals surface area (Å²) in [7, 11) is 0. The Kier molecular flexibility index (Phi) is 2.26. The molecule has 3 rings (SSSR count). The predicted molar refractivity (Wildman–Crippen MR) is 66.7 cm³/mol. The van der Waals surface area contributed by atoms with Crippen LogP contribution in [-0.4, -0.2) is 4.98 Å². The Hall–Kier alpha value is -1.61. The molecule has 0 fully saturated rings. The Morgan fingerprint density at radius 1 is 1.19 bits per heavy atom. The predicted octanol–water partition coefficient (Wildman–Crippen LogP) is 4.12. The summed E-state index contributed by atoms with van der Waals surface area (Å²) in [5.41, 5.74) is 1.77. The molecule has 1 aromatic carbocycles. The van der Waals surface area contributed by atoms with Crippen molar-refractivity contribution in [2.24, 2.45) is 0 Å². The van der Waals surface area contributed by atoms with Crippen molar-refractivity contribution in [2.45, 2.75) is 13.3 Å². The summed E-state index contributed by atoms with van der Waals surface area (Å²) in [6, 6.07) is 12.1. The second-order valence-electron chi connectivity index (χ2n) is 3.61. The molecule has 0 aliphatic heterocycles. The molecule has 0 aliphatic rings. The van der Waals surface area contributed by atoms with Crippen LogP contribution in [0.3, 0.4) is 0 Å². The van der Waals surface area contributed by atoms with E-state index in [0.717, 1.165) is 28.3 Å².